The second-order valence-electron chi connectivity index (χ2n) is 4.02. The van der Waals surface area contributed by atoms with Crippen LogP contribution < -0.4 is 14.6 Å². The number of carbonyl (C=O) groups is 1. The van der Waals surface area contributed by atoms with Gasteiger partial charge in [-0.3, -0.25) is 0 Å². The van der Waals surface area contributed by atoms with E-state index in [9.17, 15) is 9.90 Å². The lowest BCUT2D eigenvalue weighted by molar-refractivity contribution is -0.305. The number of hydrogen-bond acceptors (Lipinski definition) is 4. The molecule has 1 rings (SSSR count). The number of rotatable bonds is 6. The molecule has 0 fully saturated rings. The predicted molar refractivity (Wildman–Crippen MR) is 62.1 cm³/mol. The molecule has 0 radical (unpaired) electrons. The number of carboxylic acids is 1. The first-order valence-electron chi connectivity index (χ1n) is 5.56. The molecule has 0 amide bonds. The minimum atomic E-state index is -1.05. The highest BCUT2D eigenvalue weighted by Gasteiger charge is 2.07. The van der Waals surface area contributed by atoms with Crippen molar-refractivity contribution in [1.82, 2.24) is 0 Å². The second-order valence-corrected chi connectivity index (χ2v) is 4.02. The molecule has 0 aliphatic carbocycles. The van der Waals surface area contributed by atoms with Crippen LogP contribution in [0.2, 0.25) is 0 Å². The first-order valence-corrected chi connectivity index (χ1v) is 5.56. The minimum absolute atomic E-state index is 0.00748. The van der Waals surface area contributed by atoms with E-state index in [1.165, 1.54) is 0 Å². The molecule has 1 aromatic rings. The van der Waals surface area contributed by atoms with E-state index >= 15 is 0 Å². The number of benzene rings is 1. The molecule has 0 aliphatic rings. The number of hydrogen-bond donors (Lipinski definition) is 0. The van der Waals surface area contributed by atoms with E-state index in [4.69, 9.17) is 9.47 Å². The Hall–Kier alpha value is -1.71. The van der Waals surface area contributed by atoms with Crippen LogP contribution in [0.25, 0.3) is 0 Å². The van der Waals surface area contributed by atoms with Crippen molar-refractivity contribution >= 4 is 5.97 Å². The van der Waals surface area contributed by atoms with Gasteiger partial charge in [0.05, 0.1) is 13.2 Å². The fraction of sp³-hybridized carbons (Fsp3) is 0.462. The SMILES string of the molecule is COc1cc(CCC(=O)[O-])ccc1OC(C)C. The third kappa shape index (κ3) is 4.34. The molecule has 0 atom stereocenters. The van der Waals surface area contributed by atoms with Crippen LogP contribution in [0.5, 0.6) is 11.5 Å². The van der Waals surface area contributed by atoms with Crippen molar-refractivity contribution in [3.05, 3.63) is 23.8 Å². The largest absolute Gasteiger partial charge is 0.550 e. The van der Waals surface area contributed by atoms with Gasteiger partial charge < -0.3 is 19.4 Å². The molecule has 94 valence electrons. The van der Waals surface area contributed by atoms with Crippen LogP contribution in [0.4, 0.5) is 0 Å². The highest BCUT2D eigenvalue weighted by Crippen LogP contribution is 2.29. The van der Waals surface area contributed by atoms with Crippen LogP contribution >= 0.6 is 0 Å². The molecule has 0 aliphatic heterocycles. The van der Waals surface area contributed by atoms with E-state index in [0.29, 0.717) is 17.9 Å². The van der Waals surface area contributed by atoms with Gasteiger partial charge in [-0.25, -0.2) is 0 Å². The zero-order valence-electron chi connectivity index (χ0n) is 10.4. The van der Waals surface area contributed by atoms with E-state index in [-0.39, 0.29) is 12.5 Å². The van der Waals surface area contributed by atoms with Crippen LogP contribution in [-0.4, -0.2) is 19.2 Å². The predicted octanol–water partition coefficient (Wildman–Crippen LogP) is 1.16. The Morgan fingerprint density at radius 3 is 2.59 bits per heavy atom. The number of carbonyl (C=O) groups excluding carboxylic acids is 1. The Morgan fingerprint density at radius 2 is 2.06 bits per heavy atom. The Labute approximate surface area is 101 Å². The normalized spacial score (nSPS) is 10.4. The van der Waals surface area contributed by atoms with E-state index in [2.05, 4.69) is 0 Å². The Kier molecular flexibility index (Phi) is 4.82. The summed E-state index contributed by atoms with van der Waals surface area (Å²) in [6.07, 6.45) is 0.506. The molecule has 0 heterocycles. The van der Waals surface area contributed by atoms with Gasteiger partial charge in [0.2, 0.25) is 0 Å². The van der Waals surface area contributed by atoms with Crippen LogP contribution in [0.3, 0.4) is 0 Å². The topological polar surface area (TPSA) is 58.6 Å². The molecule has 0 spiro atoms. The molecule has 0 bridgehead atoms. The number of ether oxygens (including phenoxy) is 2. The van der Waals surface area contributed by atoms with Crippen molar-refractivity contribution in [2.75, 3.05) is 7.11 Å². The fourth-order valence-electron chi connectivity index (χ4n) is 1.47. The molecule has 0 aromatic heterocycles. The maximum atomic E-state index is 10.4. The number of carboxylic acid groups (broad SMARTS) is 1. The van der Waals surface area contributed by atoms with E-state index in [1.807, 2.05) is 19.9 Å². The van der Waals surface area contributed by atoms with E-state index in [0.717, 1.165) is 5.56 Å². The highest BCUT2D eigenvalue weighted by molar-refractivity contribution is 5.64. The Balaban J connectivity index is 2.80. The minimum Gasteiger partial charge on any atom is -0.550 e. The van der Waals surface area contributed by atoms with Gasteiger partial charge in [0.25, 0.3) is 0 Å². The Morgan fingerprint density at radius 1 is 1.35 bits per heavy atom. The maximum Gasteiger partial charge on any atom is 0.161 e. The zero-order valence-corrected chi connectivity index (χ0v) is 10.4. The van der Waals surface area contributed by atoms with Gasteiger partial charge in [-0.2, -0.15) is 0 Å². The fourth-order valence-corrected chi connectivity index (χ4v) is 1.47. The van der Waals surface area contributed by atoms with Crippen molar-refractivity contribution in [3.8, 4) is 11.5 Å². The zero-order chi connectivity index (χ0) is 12.8. The summed E-state index contributed by atoms with van der Waals surface area (Å²) in [4.78, 5) is 10.4. The van der Waals surface area contributed by atoms with E-state index in [1.54, 1.807) is 19.2 Å². The highest BCUT2D eigenvalue weighted by atomic mass is 16.5. The monoisotopic (exact) mass is 237 g/mol. The van der Waals surface area contributed by atoms with Crippen molar-refractivity contribution in [3.63, 3.8) is 0 Å². The summed E-state index contributed by atoms with van der Waals surface area (Å²) in [5, 5.41) is 10.4. The third-order valence-corrected chi connectivity index (χ3v) is 2.21. The molecule has 0 unspecified atom stereocenters. The van der Waals surface area contributed by atoms with Gasteiger partial charge >= 0.3 is 0 Å². The quantitative estimate of drug-likeness (QED) is 0.745. The first-order chi connectivity index (χ1) is 8.02. The smallest absolute Gasteiger partial charge is 0.161 e. The summed E-state index contributed by atoms with van der Waals surface area (Å²) < 4.78 is 10.8. The lowest BCUT2D eigenvalue weighted by Crippen LogP contribution is -2.22. The molecule has 17 heavy (non-hydrogen) atoms. The summed E-state index contributed by atoms with van der Waals surface area (Å²) >= 11 is 0. The second kappa shape index (κ2) is 6.13. The molecule has 0 saturated carbocycles. The van der Waals surface area contributed by atoms with Crippen LogP contribution in [0.15, 0.2) is 18.2 Å². The molecule has 0 saturated heterocycles. The van der Waals surface area contributed by atoms with Gasteiger partial charge in [-0.15, -0.1) is 0 Å². The first kappa shape index (κ1) is 13.4. The van der Waals surface area contributed by atoms with E-state index < -0.39 is 5.97 Å². The molecule has 1 aromatic carbocycles. The molecular weight excluding hydrogens is 220 g/mol. The van der Waals surface area contributed by atoms with Crippen molar-refractivity contribution in [1.29, 1.82) is 0 Å². The standard InChI is InChI=1S/C13H18O4/c1-9(2)17-11-6-4-10(5-7-13(14)15)8-12(11)16-3/h4,6,8-9H,5,7H2,1-3H3,(H,14,15)/p-1. The van der Waals surface area contributed by atoms with Gasteiger partial charge in [0, 0.05) is 5.97 Å². The molecular formula is C13H17O4-. The number of aliphatic carboxylic acids is 1. The summed E-state index contributed by atoms with van der Waals surface area (Å²) in [6, 6.07) is 5.42. The van der Waals surface area contributed by atoms with Gasteiger partial charge in [0.15, 0.2) is 11.5 Å². The average molecular weight is 237 g/mol. The van der Waals surface area contributed by atoms with Gasteiger partial charge in [-0.05, 0) is 44.4 Å². The average Bonchev–Trinajstić information content (AvgIpc) is 2.26. The molecule has 4 heteroatoms. The molecule has 0 N–H and O–H groups in total. The summed E-state index contributed by atoms with van der Waals surface area (Å²) in [7, 11) is 1.56. The van der Waals surface area contributed by atoms with Crippen molar-refractivity contribution in [2.45, 2.75) is 32.8 Å². The van der Waals surface area contributed by atoms with Gasteiger partial charge in [0.1, 0.15) is 0 Å². The van der Waals surface area contributed by atoms with Crippen molar-refractivity contribution in [2.24, 2.45) is 0 Å². The summed E-state index contributed by atoms with van der Waals surface area (Å²) in [5.74, 6) is 0.237. The molecule has 4 nitrogen and oxygen atoms in total. The number of aryl methyl sites for hydroxylation is 1. The van der Waals surface area contributed by atoms with Crippen LogP contribution in [0.1, 0.15) is 25.8 Å². The van der Waals surface area contributed by atoms with Crippen LogP contribution in [-0.2, 0) is 11.2 Å². The van der Waals surface area contributed by atoms with Gasteiger partial charge in [-0.1, -0.05) is 6.07 Å². The summed E-state index contributed by atoms with van der Waals surface area (Å²) in [6.45, 7) is 3.87. The van der Waals surface area contributed by atoms with Crippen molar-refractivity contribution < 1.29 is 19.4 Å². The van der Waals surface area contributed by atoms with Crippen LogP contribution in [0, 0.1) is 0 Å². The Bertz CT molecular complexity index is 385. The number of methoxy groups -OCH3 is 1. The lowest BCUT2D eigenvalue weighted by atomic mass is 10.1. The maximum absolute atomic E-state index is 10.4. The lowest BCUT2D eigenvalue weighted by Gasteiger charge is -2.14. The summed E-state index contributed by atoms with van der Waals surface area (Å²) in [5.41, 5.74) is 0.891. The third-order valence-electron chi connectivity index (χ3n) is 2.21.